The highest BCUT2D eigenvalue weighted by Gasteiger charge is 2.20. The third-order valence-corrected chi connectivity index (χ3v) is 4.90. The maximum absolute atomic E-state index is 6.37. The summed E-state index contributed by atoms with van der Waals surface area (Å²) in [6.07, 6.45) is 0.796. The highest BCUT2D eigenvalue weighted by atomic mass is 16.7. The molecule has 2 heterocycles. The van der Waals surface area contributed by atoms with Crippen molar-refractivity contribution >= 4 is 0 Å². The summed E-state index contributed by atoms with van der Waals surface area (Å²) in [5.74, 6) is 3.09. The van der Waals surface area contributed by atoms with Gasteiger partial charge in [-0.1, -0.05) is 12.1 Å². The smallest absolute Gasteiger partial charge is 0.231 e. The van der Waals surface area contributed by atoms with Gasteiger partial charge in [0.15, 0.2) is 11.5 Å². The van der Waals surface area contributed by atoms with E-state index in [9.17, 15) is 0 Å². The molecule has 1 unspecified atom stereocenters. The van der Waals surface area contributed by atoms with Crippen molar-refractivity contribution < 1.29 is 23.7 Å². The van der Waals surface area contributed by atoms with Crippen LogP contribution in [0, 0.1) is 0 Å². The predicted molar refractivity (Wildman–Crippen MR) is 101 cm³/mol. The zero-order valence-corrected chi connectivity index (χ0v) is 15.6. The van der Waals surface area contributed by atoms with Gasteiger partial charge in [-0.05, 0) is 29.8 Å². The first kappa shape index (κ1) is 17.9. The largest absolute Gasteiger partial charge is 0.497 e. The van der Waals surface area contributed by atoms with Gasteiger partial charge in [0.2, 0.25) is 6.79 Å². The van der Waals surface area contributed by atoms with Crippen LogP contribution < -0.4 is 18.9 Å². The van der Waals surface area contributed by atoms with Crippen LogP contribution >= 0.6 is 0 Å². The number of benzene rings is 2. The summed E-state index contributed by atoms with van der Waals surface area (Å²) < 4.78 is 28.1. The lowest BCUT2D eigenvalue weighted by Crippen LogP contribution is -2.37. The summed E-state index contributed by atoms with van der Waals surface area (Å²) in [4.78, 5) is 2.42. The first-order chi connectivity index (χ1) is 13.3. The molecule has 2 aliphatic heterocycles. The Morgan fingerprint density at radius 2 is 1.85 bits per heavy atom. The van der Waals surface area contributed by atoms with Gasteiger partial charge in [-0.3, -0.25) is 4.90 Å². The molecule has 4 rings (SSSR count). The fraction of sp³-hybridized carbons (Fsp3) is 0.429. The lowest BCUT2D eigenvalue weighted by Gasteiger charge is -2.29. The second kappa shape index (κ2) is 8.50. The van der Waals surface area contributed by atoms with Gasteiger partial charge in [-0.15, -0.1) is 0 Å². The molecule has 2 aliphatic rings. The number of rotatable bonds is 7. The summed E-state index contributed by atoms with van der Waals surface area (Å²) in [7, 11) is 1.68. The molecule has 6 heteroatoms. The number of morpholine rings is 1. The van der Waals surface area contributed by atoms with Crippen molar-refractivity contribution in [3.63, 3.8) is 0 Å². The Morgan fingerprint density at radius 1 is 1.00 bits per heavy atom. The van der Waals surface area contributed by atoms with Crippen LogP contribution in [0.15, 0.2) is 42.5 Å². The maximum Gasteiger partial charge on any atom is 0.231 e. The molecule has 2 aromatic rings. The monoisotopic (exact) mass is 371 g/mol. The van der Waals surface area contributed by atoms with E-state index >= 15 is 0 Å². The molecular weight excluding hydrogens is 346 g/mol. The Hall–Kier alpha value is -2.44. The quantitative estimate of drug-likeness (QED) is 0.745. The van der Waals surface area contributed by atoms with E-state index in [2.05, 4.69) is 11.0 Å². The van der Waals surface area contributed by atoms with Crippen LogP contribution in [0.2, 0.25) is 0 Å². The van der Waals surface area contributed by atoms with E-state index in [1.807, 2.05) is 36.4 Å². The van der Waals surface area contributed by atoms with Crippen molar-refractivity contribution in [3.8, 4) is 23.0 Å². The molecule has 0 N–H and O–H groups in total. The Labute approximate surface area is 159 Å². The van der Waals surface area contributed by atoms with Crippen LogP contribution in [0.3, 0.4) is 0 Å². The Bertz CT molecular complexity index is 760. The summed E-state index contributed by atoms with van der Waals surface area (Å²) in [5.41, 5.74) is 1.10. The molecular formula is C21H25NO5. The number of nitrogens with zero attached hydrogens (tertiary/aromatic N) is 1. The molecule has 144 valence electrons. The lowest BCUT2D eigenvalue weighted by molar-refractivity contribution is 0.0317. The molecule has 0 aromatic heterocycles. The van der Waals surface area contributed by atoms with Gasteiger partial charge in [0.1, 0.15) is 17.6 Å². The second-order valence-corrected chi connectivity index (χ2v) is 6.64. The molecule has 1 atom stereocenters. The van der Waals surface area contributed by atoms with E-state index in [1.165, 1.54) is 0 Å². The van der Waals surface area contributed by atoms with Gasteiger partial charge in [0, 0.05) is 32.1 Å². The van der Waals surface area contributed by atoms with Crippen molar-refractivity contribution in [1.29, 1.82) is 0 Å². The Kier molecular flexibility index (Phi) is 5.65. The zero-order valence-electron chi connectivity index (χ0n) is 15.6. The van der Waals surface area contributed by atoms with E-state index in [0.29, 0.717) is 0 Å². The van der Waals surface area contributed by atoms with Crippen LogP contribution in [0.4, 0.5) is 0 Å². The Balaban J connectivity index is 1.51. The topological polar surface area (TPSA) is 49.4 Å². The van der Waals surface area contributed by atoms with Crippen LogP contribution in [0.5, 0.6) is 23.0 Å². The van der Waals surface area contributed by atoms with E-state index in [-0.39, 0.29) is 12.9 Å². The average Bonchev–Trinajstić information content (AvgIpc) is 3.20. The number of ether oxygens (including phenoxy) is 5. The molecule has 0 amide bonds. The van der Waals surface area contributed by atoms with Crippen LogP contribution in [0.25, 0.3) is 0 Å². The summed E-state index contributed by atoms with van der Waals surface area (Å²) in [6.45, 7) is 4.74. The van der Waals surface area contributed by atoms with E-state index < -0.39 is 0 Å². The summed E-state index contributed by atoms with van der Waals surface area (Å²) >= 11 is 0. The molecule has 0 aliphatic carbocycles. The number of hydrogen-bond acceptors (Lipinski definition) is 6. The van der Waals surface area contributed by atoms with Crippen molar-refractivity contribution in [3.05, 3.63) is 48.0 Å². The fourth-order valence-electron chi connectivity index (χ4n) is 3.37. The third-order valence-electron chi connectivity index (χ3n) is 4.90. The summed E-state index contributed by atoms with van der Waals surface area (Å²) in [6, 6.07) is 13.8. The van der Waals surface area contributed by atoms with Gasteiger partial charge in [0.25, 0.3) is 0 Å². The minimum atomic E-state index is -0.0803. The first-order valence-electron chi connectivity index (χ1n) is 9.32. The fourth-order valence-corrected chi connectivity index (χ4v) is 3.37. The Morgan fingerprint density at radius 3 is 2.70 bits per heavy atom. The van der Waals surface area contributed by atoms with Crippen LogP contribution in [0.1, 0.15) is 18.1 Å². The SMILES string of the molecule is COc1cccc(C(CCN2CCOCC2)Oc2ccc3c(c2)OCO3)c1. The van der Waals surface area contributed by atoms with Crippen LogP contribution in [-0.4, -0.2) is 51.7 Å². The maximum atomic E-state index is 6.37. The minimum absolute atomic E-state index is 0.0803. The molecule has 1 fully saturated rings. The molecule has 0 spiro atoms. The van der Waals surface area contributed by atoms with Gasteiger partial charge in [0.05, 0.1) is 20.3 Å². The lowest BCUT2D eigenvalue weighted by atomic mass is 10.1. The molecule has 2 aromatic carbocycles. The van der Waals surface area contributed by atoms with E-state index in [1.54, 1.807) is 7.11 Å². The van der Waals surface area contributed by atoms with Gasteiger partial charge in [-0.25, -0.2) is 0 Å². The third kappa shape index (κ3) is 4.46. The highest BCUT2D eigenvalue weighted by Crippen LogP contribution is 2.37. The van der Waals surface area contributed by atoms with Crippen LogP contribution in [-0.2, 0) is 4.74 Å². The average molecular weight is 371 g/mol. The first-order valence-corrected chi connectivity index (χ1v) is 9.32. The number of hydrogen-bond donors (Lipinski definition) is 0. The predicted octanol–water partition coefficient (Wildman–Crippen LogP) is 3.27. The van der Waals surface area contributed by atoms with Gasteiger partial charge < -0.3 is 23.7 Å². The molecule has 1 saturated heterocycles. The number of methoxy groups -OCH3 is 1. The van der Waals surface area contributed by atoms with Crippen molar-refractivity contribution in [2.45, 2.75) is 12.5 Å². The molecule has 27 heavy (non-hydrogen) atoms. The zero-order chi connectivity index (χ0) is 18.5. The van der Waals surface area contributed by atoms with E-state index in [0.717, 1.165) is 67.8 Å². The van der Waals surface area contributed by atoms with E-state index in [4.69, 9.17) is 23.7 Å². The summed E-state index contributed by atoms with van der Waals surface area (Å²) in [5, 5.41) is 0. The van der Waals surface area contributed by atoms with Gasteiger partial charge in [-0.2, -0.15) is 0 Å². The van der Waals surface area contributed by atoms with Gasteiger partial charge >= 0.3 is 0 Å². The molecule has 0 bridgehead atoms. The van der Waals surface area contributed by atoms with Crippen molar-refractivity contribution in [2.24, 2.45) is 0 Å². The van der Waals surface area contributed by atoms with Crippen molar-refractivity contribution in [2.75, 3.05) is 46.8 Å². The number of fused-ring (bicyclic) bond motifs is 1. The molecule has 0 saturated carbocycles. The molecule has 0 radical (unpaired) electrons. The standard InChI is InChI=1S/C21H25NO5/c1-23-17-4-2-3-16(13-17)19(7-8-22-9-11-24-12-10-22)27-18-5-6-20-21(14-18)26-15-25-20/h2-6,13-14,19H,7-12,15H2,1H3. The normalized spacial score (nSPS) is 17.5. The minimum Gasteiger partial charge on any atom is -0.497 e. The highest BCUT2D eigenvalue weighted by molar-refractivity contribution is 5.47. The van der Waals surface area contributed by atoms with Crippen molar-refractivity contribution in [1.82, 2.24) is 4.90 Å². The molecule has 6 nitrogen and oxygen atoms in total. The second-order valence-electron chi connectivity index (χ2n) is 6.64.